The molecule has 0 bridgehead atoms. The molecule has 2 rings (SSSR count). The maximum absolute atomic E-state index is 12.1. The number of hydrogen-bond acceptors (Lipinski definition) is 4. The van der Waals surface area contributed by atoms with E-state index in [-0.39, 0.29) is 11.9 Å². The lowest BCUT2D eigenvalue weighted by atomic mass is 9.98. The third-order valence-electron chi connectivity index (χ3n) is 3.60. The number of nitrogens with two attached hydrogens (primary N) is 1. The van der Waals surface area contributed by atoms with E-state index in [0.29, 0.717) is 17.9 Å². The van der Waals surface area contributed by atoms with Gasteiger partial charge in [0.05, 0.1) is 17.7 Å². The summed E-state index contributed by atoms with van der Waals surface area (Å²) in [6.07, 6.45) is 3.43. The van der Waals surface area contributed by atoms with Crippen LogP contribution in [0.5, 0.6) is 0 Å². The molecule has 5 heteroatoms. The number of hydrogen-bond donors (Lipinski definition) is 2. The van der Waals surface area contributed by atoms with Crippen LogP contribution >= 0.6 is 0 Å². The summed E-state index contributed by atoms with van der Waals surface area (Å²) in [6.45, 7) is 2.10. The van der Waals surface area contributed by atoms with Gasteiger partial charge in [0.1, 0.15) is 0 Å². The summed E-state index contributed by atoms with van der Waals surface area (Å²) in [6, 6.07) is 6.63. The van der Waals surface area contributed by atoms with Gasteiger partial charge in [-0.05, 0) is 44.0 Å². The van der Waals surface area contributed by atoms with Gasteiger partial charge in [-0.2, -0.15) is 0 Å². The fourth-order valence-corrected chi connectivity index (χ4v) is 2.39. The average Bonchev–Trinajstić information content (AvgIpc) is 2.88. The molecule has 0 spiro atoms. The summed E-state index contributed by atoms with van der Waals surface area (Å²) >= 11 is 0. The first kappa shape index (κ1) is 14.5. The van der Waals surface area contributed by atoms with Crippen molar-refractivity contribution < 1.29 is 14.3 Å². The summed E-state index contributed by atoms with van der Waals surface area (Å²) in [4.78, 5) is 23.6. The summed E-state index contributed by atoms with van der Waals surface area (Å²) in [5.41, 5.74) is 6.44. The molecule has 0 heterocycles. The first-order valence-electron chi connectivity index (χ1n) is 6.93. The molecule has 0 radical (unpaired) electrons. The van der Waals surface area contributed by atoms with Crippen LogP contribution in [0.1, 0.15) is 43.0 Å². The molecule has 1 fully saturated rings. The molecule has 20 heavy (non-hydrogen) atoms. The zero-order chi connectivity index (χ0) is 14.6. The van der Waals surface area contributed by atoms with E-state index in [1.165, 1.54) is 0 Å². The van der Waals surface area contributed by atoms with Crippen molar-refractivity contribution in [1.82, 2.24) is 0 Å². The number of anilines is 1. The second-order valence-corrected chi connectivity index (χ2v) is 5.12. The number of nitrogens with one attached hydrogen (secondary N) is 1. The first-order valence-corrected chi connectivity index (χ1v) is 6.93. The van der Waals surface area contributed by atoms with Gasteiger partial charge in [0.2, 0.25) is 5.91 Å². The van der Waals surface area contributed by atoms with Gasteiger partial charge >= 0.3 is 5.97 Å². The second-order valence-electron chi connectivity index (χ2n) is 5.12. The van der Waals surface area contributed by atoms with Crippen LogP contribution in [0.15, 0.2) is 24.3 Å². The number of carbonyl (C=O) groups is 2. The van der Waals surface area contributed by atoms with Gasteiger partial charge < -0.3 is 15.8 Å². The minimum Gasteiger partial charge on any atom is -0.462 e. The maximum Gasteiger partial charge on any atom is 0.338 e. The van der Waals surface area contributed by atoms with E-state index in [9.17, 15) is 9.59 Å². The highest BCUT2D eigenvalue weighted by atomic mass is 16.5. The first-order chi connectivity index (χ1) is 9.55. The van der Waals surface area contributed by atoms with Gasteiger partial charge in [0.15, 0.2) is 0 Å². The van der Waals surface area contributed by atoms with Gasteiger partial charge in [0.25, 0.3) is 0 Å². The molecule has 1 saturated carbocycles. The maximum atomic E-state index is 12.1. The molecule has 5 nitrogen and oxygen atoms in total. The van der Waals surface area contributed by atoms with Crippen LogP contribution in [0.4, 0.5) is 5.69 Å². The van der Waals surface area contributed by atoms with Crippen molar-refractivity contribution in [2.45, 2.75) is 38.1 Å². The van der Waals surface area contributed by atoms with Crippen LogP contribution in [-0.4, -0.2) is 24.0 Å². The Morgan fingerprint density at radius 3 is 2.40 bits per heavy atom. The zero-order valence-corrected chi connectivity index (χ0v) is 11.6. The van der Waals surface area contributed by atoms with E-state index in [2.05, 4.69) is 5.32 Å². The molecule has 0 saturated heterocycles. The Labute approximate surface area is 118 Å². The molecule has 0 aromatic heterocycles. The third-order valence-corrected chi connectivity index (χ3v) is 3.60. The van der Waals surface area contributed by atoms with Crippen LogP contribution in [0.2, 0.25) is 0 Å². The Morgan fingerprint density at radius 2 is 1.85 bits per heavy atom. The number of carbonyl (C=O) groups excluding carboxylic acids is 2. The molecule has 0 unspecified atom stereocenters. The van der Waals surface area contributed by atoms with E-state index < -0.39 is 5.54 Å². The molecular weight excluding hydrogens is 256 g/mol. The summed E-state index contributed by atoms with van der Waals surface area (Å²) in [7, 11) is 0. The standard InChI is InChI=1S/C15H20N2O3/c1-2-20-13(18)11-5-7-12(8-6-11)17-14(19)15(16)9-3-4-10-15/h5-8H,2-4,9-10,16H2,1H3,(H,17,19). The SMILES string of the molecule is CCOC(=O)c1ccc(NC(=O)C2(N)CCCC2)cc1. The summed E-state index contributed by atoms with van der Waals surface area (Å²) < 4.78 is 4.90. The van der Waals surface area contributed by atoms with Crippen molar-refractivity contribution in [3.8, 4) is 0 Å². The smallest absolute Gasteiger partial charge is 0.338 e. The molecule has 0 atom stereocenters. The fraction of sp³-hybridized carbons (Fsp3) is 0.467. The normalized spacial score (nSPS) is 16.7. The zero-order valence-electron chi connectivity index (χ0n) is 11.6. The Morgan fingerprint density at radius 1 is 1.25 bits per heavy atom. The van der Waals surface area contributed by atoms with Gasteiger partial charge in [-0.3, -0.25) is 4.79 Å². The average molecular weight is 276 g/mol. The molecule has 1 amide bonds. The van der Waals surface area contributed by atoms with Crippen LogP contribution in [-0.2, 0) is 9.53 Å². The fourth-order valence-electron chi connectivity index (χ4n) is 2.39. The van der Waals surface area contributed by atoms with Gasteiger partial charge in [-0.15, -0.1) is 0 Å². The molecule has 0 aliphatic heterocycles. The number of rotatable bonds is 4. The number of benzene rings is 1. The van der Waals surface area contributed by atoms with Crippen molar-refractivity contribution in [2.75, 3.05) is 11.9 Å². The third kappa shape index (κ3) is 3.17. The van der Waals surface area contributed by atoms with Crippen molar-refractivity contribution in [3.05, 3.63) is 29.8 Å². The Bertz CT molecular complexity index is 490. The second kappa shape index (κ2) is 6.05. The van der Waals surface area contributed by atoms with Crippen LogP contribution in [0.3, 0.4) is 0 Å². The van der Waals surface area contributed by atoms with Crippen LogP contribution in [0.25, 0.3) is 0 Å². The molecule has 108 valence electrons. The van der Waals surface area contributed by atoms with E-state index in [1.54, 1.807) is 31.2 Å². The molecule has 1 aliphatic rings. The molecular formula is C15H20N2O3. The minimum atomic E-state index is -0.750. The predicted molar refractivity (Wildman–Crippen MR) is 76.4 cm³/mol. The Balaban J connectivity index is 2.00. The number of amides is 1. The van der Waals surface area contributed by atoms with Crippen molar-refractivity contribution in [1.29, 1.82) is 0 Å². The quantitative estimate of drug-likeness (QED) is 0.825. The monoisotopic (exact) mass is 276 g/mol. The summed E-state index contributed by atoms with van der Waals surface area (Å²) in [5, 5.41) is 2.81. The number of esters is 1. The van der Waals surface area contributed by atoms with Crippen LogP contribution in [0, 0.1) is 0 Å². The van der Waals surface area contributed by atoms with E-state index >= 15 is 0 Å². The highest BCUT2D eigenvalue weighted by Crippen LogP contribution is 2.28. The lowest BCUT2D eigenvalue weighted by molar-refractivity contribution is -0.121. The lowest BCUT2D eigenvalue weighted by Crippen LogP contribution is -2.48. The topological polar surface area (TPSA) is 81.4 Å². The van der Waals surface area contributed by atoms with Crippen molar-refractivity contribution in [3.63, 3.8) is 0 Å². The van der Waals surface area contributed by atoms with Gasteiger partial charge in [-0.1, -0.05) is 12.8 Å². The highest BCUT2D eigenvalue weighted by molar-refractivity contribution is 5.98. The lowest BCUT2D eigenvalue weighted by Gasteiger charge is -2.22. The van der Waals surface area contributed by atoms with E-state index in [0.717, 1.165) is 25.7 Å². The van der Waals surface area contributed by atoms with Crippen molar-refractivity contribution >= 4 is 17.6 Å². The number of ether oxygens (including phenoxy) is 1. The largest absolute Gasteiger partial charge is 0.462 e. The van der Waals surface area contributed by atoms with Crippen molar-refractivity contribution in [2.24, 2.45) is 5.73 Å². The molecule has 1 aromatic carbocycles. The predicted octanol–water partition coefficient (Wildman–Crippen LogP) is 2.07. The minimum absolute atomic E-state index is 0.154. The molecule has 3 N–H and O–H groups in total. The Kier molecular flexibility index (Phi) is 4.39. The highest BCUT2D eigenvalue weighted by Gasteiger charge is 2.36. The van der Waals surface area contributed by atoms with Gasteiger partial charge in [0, 0.05) is 5.69 Å². The Hall–Kier alpha value is -1.88. The summed E-state index contributed by atoms with van der Waals surface area (Å²) in [5.74, 6) is -0.518. The van der Waals surface area contributed by atoms with Gasteiger partial charge in [-0.25, -0.2) is 4.79 Å². The molecule has 1 aromatic rings. The van der Waals surface area contributed by atoms with E-state index in [1.807, 2.05) is 0 Å². The van der Waals surface area contributed by atoms with Crippen LogP contribution < -0.4 is 11.1 Å². The molecule has 1 aliphatic carbocycles. The van der Waals surface area contributed by atoms with E-state index in [4.69, 9.17) is 10.5 Å².